The van der Waals surface area contributed by atoms with E-state index in [4.69, 9.17) is 23.9 Å². The van der Waals surface area contributed by atoms with E-state index in [0.717, 1.165) is 78.2 Å². The molecule has 1 unspecified atom stereocenters. The fourth-order valence-corrected chi connectivity index (χ4v) is 6.92. The zero-order chi connectivity index (χ0) is 38.6. The summed E-state index contributed by atoms with van der Waals surface area (Å²) < 4.78 is 27.1. The molecule has 2 aliphatic heterocycles. The van der Waals surface area contributed by atoms with Gasteiger partial charge >= 0.3 is 13.2 Å². The Morgan fingerprint density at radius 1 is 0.962 bits per heavy atom. The second-order valence-electron chi connectivity index (χ2n) is 16.7. The highest BCUT2D eigenvalue weighted by Crippen LogP contribution is 2.42. The number of fused-ring (bicyclic) bond motifs is 1. The summed E-state index contributed by atoms with van der Waals surface area (Å²) in [5.74, 6) is 0.0522. The van der Waals surface area contributed by atoms with Crippen LogP contribution in [0.3, 0.4) is 0 Å². The zero-order valence-electron chi connectivity index (χ0n) is 33.8. The van der Waals surface area contributed by atoms with Gasteiger partial charge in [0.05, 0.1) is 22.9 Å². The van der Waals surface area contributed by atoms with Crippen LogP contribution in [0.15, 0.2) is 54.1 Å². The van der Waals surface area contributed by atoms with Gasteiger partial charge in [0.2, 0.25) is 5.91 Å². The van der Waals surface area contributed by atoms with Gasteiger partial charge in [-0.05, 0) is 133 Å². The molecule has 10 nitrogen and oxygen atoms in total. The van der Waals surface area contributed by atoms with E-state index in [9.17, 15) is 9.59 Å². The van der Waals surface area contributed by atoms with E-state index in [1.807, 2.05) is 31.6 Å². The van der Waals surface area contributed by atoms with E-state index >= 15 is 0 Å². The SMILES string of the molecule is CC/C(B1OC(C)(C)C(C)(C)O1)=C(/c1ccc(CCCN(CCCC(=O)N(C)C)C(=O)OC(C)(C)C)cc1)c1ccc2c(cnn2C2CCCCO2)c1. The number of amides is 2. The molecule has 11 heteroatoms. The molecule has 2 saturated heterocycles. The van der Waals surface area contributed by atoms with Crippen molar-refractivity contribution in [3.63, 3.8) is 0 Å². The maximum Gasteiger partial charge on any atom is 0.491 e. The maximum absolute atomic E-state index is 13.1. The Morgan fingerprint density at radius 3 is 2.23 bits per heavy atom. The summed E-state index contributed by atoms with van der Waals surface area (Å²) in [5.41, 5.74) is 5.09. The van der Waals surface area contributed by atoms with Gasteiger partial charge < -0.3 is 28.6 Å². The molecule has 0 saturated carbocycles. The van der Waals surface area contributed by atoms with Crippen LogP contribution in [0, 0.1) is 0 Å². The fraction of sp³-hybridized carbons (Fsp3) is 0.595. The van der Waals surface area contributed by atoms with Gasteiger partial charge in [0, 0.05) is 45.6 Å². The Hall–Kier alpha value is -3.67. The summed E-state index contributed by atoms with van der Waals surface area (Å²) in [6, 6.07) is 15.3. The lowest BCUT2D eigenvalue weighted by Crippen LogP contribution is -2.41. The highest BCUT2D eigenvalue weighted by atomic mass is 16.7. The van der Waals surface area contributed by atoms with E-state index in [0.29, 0.717) is 25.9 Å². The Labute approximate surface area is 317 Å². The summed E-state index contributed by atoms with van der Waals surface area (Å²) in [6.07, 6.45) is 8.05. The van der Waals surface area contributed by atoms with Crippen molar-refractivity contribution >= 4 is 35.6 Å². The van der Waals surface area contributed by atoms with Gasteiger partial charge in [0.1, 0.15) is 5.60 Å². The van der Waals surface area contributed by atoms with Gasteiger partial charge in [-0.3, -0.25) is 4.79 Å². The Balaban J connectivity index is 1.39. The Bertz CT molecular complexity index is 1730. The van der Waals surface area contributed by atoms with Gasteiger partial charge in [-0.15, -0.1) is 0 Å². The van der Waals surface area contributed by atoms with Crippen molar-refractivity contribution < 1.29 is 28.4 Å². The molecule has 2 aliphatic rings. The monoisotopic (exact) mass is 728 g/mol. The molecule has 0 spiro atoms. The average Bonchev–Trinajstić information content (AvgIpc) is 3.61. The highest BCUT2D eigenvalue weighted by Gasteiger charge is 2.52. The zero-order valence-corrected chi connectivity index (χ0v) is 33.8. The van der Waals surface area contributed by atoms with Crippen molar-refractivity contribution in [1.82, 2.24) is 19.6 Å². The van der Waals surface area contributed by atoms with E-state index in [-0.39, 0.29) is 18.2 Å². The normalized spacial score (nSPS) is 18.9. The maximum atomic E-state index is 13.1. The number of rotatable bonds is 13. The number of aryl methyl sites for hydroxylation is 1. The average molecular weight is 729 g/mol. The standard InChI is InChI=1S/C42H61BN4O6/c1-11-34(43-52-41(5,6)42(7,8)53-43)38(32-23-24-35-33(28-32)29-44-47(35)37-18-12-13-27-50-37)31-21-19-30(20-22-31)16-14-25-46(39(49)51-40(2,3)4)26-15-17-36(48)45(9)10/h19-24,28-29,37H,11-18,25-27H2,1-10H3/b38-34+. The van der Waals surface area contributed by atoms with Crippen LogP contribution < -0.4 is 0 Å². The molecule has 3 heterocycles. The molecule has 0 bridgehead atoms. The highest BCUT2D eigenvalue weighted by molar-refractivity contribution is 6.56. The molecular formula is C42H61BN4O6. The summed E-state index contributed by atoms with van der Waals surface area (Å²) in [6.45, 7) is 17.9. The van der Waals surface area contributed by atoms with E-state index in [2.05, 4.69) is 77.1 Å². The molecule has 0 N–H and O–H groups in total. The molecule has 1 aromatic heterocycles. The number of nitrogens with zero attached hydrogens (tertiary/aromatic N) is 4. The Morgan fingerprint density at radius 2 is 1.62 bits per heavy atom. The topological polar surface area (TPSA) is 95.4 Å². The van der Waals surface area contributed by atoms with Crippen molar-refractivity contribution in [2.45, 2.75) is 130 Å². The van der Waals surface area contributed by atoms with Crippen LogP contribution in [0.5, 0.6) is 0 Å². The third kappa shape index (κ3) is 9.91. The van der Waals surface area contributed by atoms with Crippen LogP contribution >= 0.6 is 0 Å². The van der Waals surface area contributed by atoms with Crippen LogP contribution in [-0.2, 0) is 30.0 Å². The van der Waals surface area contributed by atoms with Crippen LogP contribution in [0.1, 0.15) is 123 Å². The van der Waals surface area contributed by atoms with Gasteiger partial charge in [0.25, 0.3) is 0 Å². The van der Waals surface area contributed by atoms with Crippen molar-refractivity contribution in [3.05, 3.63) is 70.8 Å². The van der Waals surface area contributed by atoms with Crippen LogP contribution in [0.25, 0.3) is 16.5 Å². The largest absolute Gasteiger partial charge is 0.491 e. The van der Waals surface area contributed by atoms with Gasteiger partial charge in [-0.1, -0.05) is 37.3 Å². The molecule has 2 fully saturated rings. The minimum absolute atomic E-state index is 0.0332. The molecule has 0 radical (unpaired) electrons. The third-order valence-electron chi connectivity index (χ3n) is 10.7. The first-order valence-electron chi connectivity index (χ1n) is 19.4. The molecule has 1 atom stereocenters. The molecule has 2 aromatic carbocycles. The summed E-state index contributed by atoms with van der Waals surface area (Å²) in [4.78, 5) is 28.6. The first-order chi connectivity index (χ1) is 25.0. The summed E-state index contributed by atoms with van der Waals surface area (Å²) in [7, 11) is 3.01. The molecule has 288 valence electrons. The van der Waals surface area contributed by atoms with Crippen molar-refractivity contribution in [1.29, 1.82) is 0 Å². The second kappa shape index (κ2) is 16.8. The molecule has 3 aromatic rings. The van der Waals surface area contributed by atoms with Gasteiger partial charge in [-0.2, -0.15) is 5.10 Å². The first kappa shape index (κ1) is 40.5. The second-order valence-corrected chi connectivity index (χ2v) is 16.7. The number of hydrogen-bond acceptors (Lipinski definition) is 7. The number of carbonyl (C=O) groups excluding carboxylic acids is 2. The van der Waals surface area contributed by atoms with Crippen LogP contribution in [0.2, 0.25) is 0 Å². The van der Waals surface area contributed by atoms with Crippen LogP contribution in [0.4, 0.5) is 4.79 Å². The number of allylic oxidation sites excluding steroid dienone is 1. The quantitative estimate of drug-likeness (QED) is 0.163. The van der Waals surface area contributed by atoms with E-state index in [1.54, 1.807) is 23.9 Å². The summed E-state index contributed by atoms with van der Waals surface area (Å²) in [5, 5.41) is 5.83. The van der Waals surface area contributed by atoms with Crippen molar-refractivity contribution in [2.75, 3.05) is 33.8 Å². The number of hydrogen-bond donors (Lipinski definition) is 0. The lowest BCUT2D eigenvalue weighted by atomic mass is 9.70. The predicted molar refractivity (Wildman–Crippen MR) is 211 cm³/mol. The van der Waals surface area contributed by atoms with Crippen molar-refractivity contribution in [3.8, 4) is 0 Å². The lowest BCUT2D eigenvalue weighted by molar-refractivity contribution is -0.128. The Kier molecular flexibility index (Phi) is 12.8. The molecule has 2 amide bonds. The summed E-state index contributed by atoms with van der Waals surface area (Å²) >= 11 is 0. The third-order valence-corrected chi connectivity index (χ3v) is 10.7. The first-order valence-corrected chi connectivity index (χ1v) is 19.4. The lowest BCUT2D eigenvalue weighted by Gasteiger charge is -2.32. The van der Waals surface area contributed by atoms with E-state index < -0.39 is 23.9 Å². The van der Waals surface area contributed by atoms with Crippen LogP contribution in [-0.4, -0.2) is 89.3 Å². The smallest absolute Gasteiger partial charge is 0.444 e. The fourth-order valence-electron chi connectivity index (χ4n) is 6.92. The minimum Gasteiger partial charge on any atom is -0.444 e. The molecule has 0 aliphatic carbocycles. The number of carbonyl (C=O) groups is 2. The van der Waals surface area contributed by atoms with Gasteiger partial charge in [-0.25, -0.2) is 9.48 Å². The number of aromatic nitrogens is 2. The van der Waals surface area contributed by atoms with E-state index in [1.165, 1.54) is 5.56 Å². The predicted octanol–water partition coefficient (Wildman–Crippen LogP) is 8.62. The molecular weight excluding hydrogens is 667 g/mol. The minimum atomic E-state index is -0.595. The van der Waals surface area contributed by atoms with Crippen molar-refractivity contribution in [2.24, 2.45) is 0 Å². The number of benzene rings is 2. The van der Waals surface area contributed by atoms with Gasteiger partial charge in [0.15, 0.2) is 6.23 Å². The number of ether oxygens (including phenoxy) is 2. The molecule has 5 rings (SSSR count). The molecule has 53 heavy (non-hydrogen) atoms.